The van der Waals surface area contributed by atoms with Gasteiger partial charge in [0, 0.05) is 5.75 Å². The molecule has 1 heterocycles. The van der Waals surface area contributed by atoms with Crippen LogP contribution in [0.5, 0.6) is 5.75 Å². The van der Waals surface area contributed by atoms with Crippen molar-refractivity contribution in [3.63, 3.8) is 0 Å². The molecule has 0 spiro atoms. The van der Waals surface area contributed by atoms with Crippen LogP contribution in [-0.2, 0) is 4.74 Å². The molecule has 0 aliphatic carbocycles. The fraction of sp³-hybridized carbons (Fsp3) is 0.167. The molecule has 0 aliphatic rings. The van der Waals surface area contributed by atoms with Gasteiger partial charge in [0.25, 0.3) is 5.56 Å². The van der Waals surface area contributed by atoms with Crippen molar-refractivity contribution in [2.45, 2.75) is 5.16 Å². The third-order valence-electron chi connectivity index (χ3n) is 3.69. The molecule has 0 saturated carbocycles. The van der Waals surface area contributed by atoms with Crippen molar-refractivity contribution in [2.24, 2.45) is 0 Å². The van der Waals surface area contributed by atoms with Crippen LogP contribution in [0.15, 0.2) is 52.4 Å². The van der Waals surface area contributed by atoms with Crippen molar-refractivity contribution < 1.29 is 18.7 Å². The summed E-state index contributed by atoms with van der Waals surface area (Å²) in [7, 11) is 1.28. The number of halogens is 1. The summed E-state index contributed by atoms with van der Waals surface area (Å²) in [6, 6.07) is 10.1. The second-order valence-corrected chi connectivity index (χ2v) is 6.51. The molecule has 0 fully saturated rings. The van der Waals surface area contributed by atoms with Crippen molar-refractivity contribution in [2.75, 3.05) is 25.3 Å². The van der Waals surface area contributed by atoms with Gasteiger partial charge in [-0.3, -0.25) is 4.79 Å². The predicted octanol–water partition coefficient (Wildman–Crippen LogP) is 2.21. The van der Waals surface area contributed by atoms with Crippen LogP contribution in [-0.4, -0.2) is 35.1 Å². The van der Waals surface area contributed by atoms with E-state index in [2.05, 4.69) is 9.72 Å². The first-order valence-corrected chi connectivity index (χ1v) is 8.89. The lowest BCUT2D eigenvalue weighted by Crippen LogP contribution is -2.30. The van der Waals surface area contributed by atoms with Crippen LogP contribution in [0.4, 0.5) is 4.39 Å². The molecule has 9 heteroatoms. The first-order valence-electron chi connectivity index (χ1n) is 7.91. The monoisotopic (exact) mass is 389 g/mol. The maximum atomic E-state index is 12.9. The van der Waals surface area contributed by atoms with E-state index in [-0.39, 0.29) is 11.0 Å². The van der Waals surface area contributed by atoms with Gasteiger partial charge in [0.05, 0.1) is 30.2 Å². The maximum absolute atomic E-state index is 12.9. The first kappa shape index (κ1) is 18.7. The van der Waals surface area contributed by atoms with Crippen LogP contribution in [0.1, 0.15) is 10.4 Å². The van der Waals surface area contributed by atoms with Gasteiger partial charge < -0.3 is 15.3 Å². The number of nitrogens with two attached hydrogens (primary N) is 1. The number of esters is 1. The van der Waals surface area contributed by atoms with Crippen LogP contribution < -0.4 is 16.1 Å². The van der Waals surface area contributed by atoms with Crippen LogP contribution in [0.25, 0.3) is 10.9 Å². The Morgan fingerprint density at radius 1 is 1.26 bits per heavy atom. The number of methoxy groups -OCH3 is 1. The predicted molar refractivity (Wildman–Crippen MR) is 100 cm³/mol. The number of benzene rings is 2. The molecule has 7 nitrogen and oxygen atoms in total. The second-order valence-electron chi connectivity index (χ2n) is 5.44. The Labute approximate surface area is 157 Å². The van der Waals surface area contributed by atoms with Crippen molar-refractivity contribution in [3.05, 3.63) is 64.2 Å². The summed E-state index contributed by atoms with van der Waals surface area (Å²) in [6.45, 7) is 0.312. The lowest BCUT2D eigenvalue weighted by Gasteiger charge is -2.10. The van der Waals surface area contributed by atoms with Gasteiger partial charge in [0.2, 0.25) is 0 Å². The number of nitrogens with zero attached hydrogens (tertiary/aromatic N) is 2. The van der Waals surface area contributed by atoms with E-state index in [1.165, 1.54) is 61.3 Å². The molecule has 0 aliphatic heterocycles. The van der Waals surface area contributed by atoms with Gasteiger partial charge in [-0.25, -0.2) is 18.8 Å². The molecule has 3 rings (SSSR count). The number of nitrogen functional groups attached to an aromatic ring is 1. The summed E-state index contributed by atoms with van der Waals surface area (Å²) in [5.74, 6) is 5.98. The number of fused-ring (bicyclic) bond motifs is 1. The van der Waals surface area contributed by atoms with Gasteiger partial charge in [-0.1, -0.05) is 11.8 Å². The molecule has 2 N–H and O–H groups in total. The summed E-state index contributed by atoms with van der Waals surface area (Å²) in [5, 5.41) is 0.592. The molecular formula is C18H16FN3O4S. The van der Waals surface area contributed by atoms with Crippen molar-refractivity contribution >= 4 is 28.6 Å². The molecule has 0 unspecified atom stereocenters. The normalized spacial score (nSPS) is 10.7. The molecule has 0 radical (unpaired) electrons. The molecule has 1 aromatic heterocycles. The van der Waals surface area contributed by atoms with Gasteiger partial charge in [-0.05, 0) is 42.5 Å². The highest BCUT2D eigenvalue weighted by Crippen LogP contribution is 2.18. The summed E-state index contributed by atoms with van der Waals surface area (Å²) >= 11 is 1.23. The van der Waals surface area contributed by atoms with Crippen molar-refractivity contribution in [1.82, 2.24) is 9.66 Å². The zero-order valence-corrected chi connectivity index (χ0v) is 15.2. The minimum absolute atomic E-state index is 0.289. The van der Waals surface area contributed by atoms with E-state index in [1.807, 2.05) is 0 Å². The Balaban J connectivity index is 1.75. The lowest BCUT2D eigenvalue weighted by atomic mass is 10.1. The highest BCUT2D eigenvalue weighted by molar-refractivity contribution is 7.99. The molecule has 0 atom stereocenters. The second kappa shape index (κ2) is 8.09. The quantitative estimate of drug-likeness (QED) is 0.227. The van der Waals surface area contributed by atoms with E-state index in [0.717, 1.165) is 4.68 Å². The van der Waals surface area contributed by atoms with Gasteiger partial charge >= 0.3 is 5.97 Å². The molecule has 3 aromatic rings. The van der Waals surface area contributed by atoms with E-state index in [0.29, 0.717) is 34.6 Å². The fourth-order valence-electron chi connectivity index (χ4n) is 2.35. The smallest absolute Gasteiger partial charge is 0.337 e. The van der Waals surface area contributed by atoms with E-state index in [4.69, 9.17) is 10.6 Å². The number of thioether (sulfide) groups is 1. The third kappa shape index (κ3) is 4.20. The Morgan fingerprint density at radius 2 is 2.00 bits per heavy atom. The zero-order valence-electron chi connectivity index (χ0n) is 14.3. The molecule has 0 amide bonds. The number of ether oxygens (including phenoxy) is 2. The molecule has 0 bridgehead atoms. The average molecular weight is 389 g/mol. The van der Waals surface area contributed by atoms with Gasteiger partial charge in [0.1, 0.15) is 11.6 Å². The highest BCUT2D eigenvalue weighted by atomic mass is 32.2. The highest BCUT2D eigenvalue weighted by Gasteiger charge is 2.13. The fourth-order valence-corrected chi connectivity index (χ4v) is 3.08. The zero-order chi connectivity index (χ0) is 19.4. The molecule has 27 heavy (non-hydrogen) atoms. The van der Waals surface area contributed by atoms with Gasteiger partial charge in [0.15, 0.2) is 5.16 Å². The Bertz CT molecular complexity index is 1040. The first-order chi connectivity index (χ1) is 13.0. The van der Waals surface area contributed by atoms with E-state index in [9.17, 15) is 14.0 Å². The van der Waals surface area contributed by atoms with Crippen molar-refractivity contribution in [3.8, 4) is 5.75 Å². The van der Waals surface area contributed by atoms with Crippen LogP contribution in [0.2, 0.25) is 0 Å². The Kier molecular flexibility index (Phi) is 5.60. The summed E-state index contributed by atoms with van der Waals surface area (Å²) in [4.78, 5) is 28.4. The largest absolute Gasteiger partial charge is 0.493 e. The minimum Gasteiger partial charge on any atom is -0.493 e. The average Bonchev–Trinajstić information content (AvgIpc) is 2.69. The van der Waals surface area contributed by atoms with Crippen LogP contribution in [0, 0.1) is 5.82 Å². The minimum atomic E-state index is -0.516. The SMILES string of the molecule is COC(=O)c1ccc2c(=O)n(N)c(SCCOc3ccc(F)cc3)nc2c1. The Morgan fingerprint density at radius 3 is 2.70 bits per heavy atom. The summed E-state index contributed by atoms with van der Waals surface area (Å²) in [5.41, 5.74) is 0.229. The standard InChI is InChI=1S/C18H16FN3O4S/c1-25-17(24)11-2-7-14-15(10-11)21-18(22(20)16(14)23)27-9-8-26-13-5-3-12(19)4-6-13/h2-7,10H,8-9,20H2,1H3. The van der Waals surface area contributed by atoms with Crippen molar-refractivity contribution in [1.29, 1.82) is 0 Å². The number of hydrogen-bond donors (Lipinski definition) is 1. The van der Waals surface area contributed by atoms with Crippen LogP contribution in [0.3, 0.4) is 0 Å². The third-order valence-corrected chi connectivity index (χ3v) is 4.60. The number of hydrogen-bond acceptors (Lipinski definition) is 7. The van der Waals surface area contributed by atoms with Gasteiger partial charge in [-0.2, -0.15) is 0 Å². The maximum Gasteiger partial charge on any atom is 0.337 e. The number of carbonyl (C=O) groups excluding carboxylic acids is 1. The molecular weight excluding hydrogens is 373 g/mol. The topological polar surface area (TPSA) is 96.4 Å². The number of rotatable bonds is 6. The van der Waals surface area contributed by atoms with Crippen LogP contribution >= 0.6 is 11.8 Å². The number of carbonyl (C=O) groups is 1. The van der Waals surface area contributed by atoms with Gasteiger partial charge in [-0.15, -0.1) is 0 Å². The van der Waals surface area contributed by atoms with E-state index in [1.54, 1.807) is 0 Å². The summed E-state index contributed by atoms with van der Waals surface area (Å²) in [6.07, 6.45) is 0. The molecule has 140 valence electrons. The molecule has 0 saturated heterocycles. The summed E-state index contributed by atoms with van der Waals surface area (Å²) < 4.78 is 24.0. The van der Waals surface area contributed by atoms with E-state index >= 15 is 0 Å². The van der Waals surface area contributed by atoms with E-state index < -0.39 is 11.5 Å². The number of aromatic nitrogens is 2. The molecule has 2 aromatic carbocycles. The lowest BCUT2D eigenvalue weighted by molar-refractivity contribution is 0.0601. The Hall–Kier alpha value is -3.07.